The van der Waals surface area contributed by atoms with Gasteiger partial charge in [-0.15, -0.1) is 0 Å². The van der Waals surface area contributed by atoms with Crippen molar-refractivity contribution in [3.63, 3.8) is 0 Å². The minimum Gasteiger partial charge on any atom is -0.337 e. The van der Waals surface area contributed by atoms with E-state index in [1.165, 1.54) is 5.56 Å². The average Bonchev–Trinajstić information content (AvgIpc) is 3.26. The Hall–Kier alpha value is -2.28. The summed E-state index contributed by atoms with van der Waals surface area (Å²) in [7, 11) is 0. The van der Waals surface area contributed by atoms with Gasteiger partial charge in [-0.05, 0) is 36.2 Å². The summed E-state index contributed by atoms with van der Waals surface area (Å²) in [6, 6.07) is 11.7. The second kappa shape index (κ2) is 6.08. The van der Waals surface area contributed by atoms with E-state index in [4.69, 9.17) is 16.1 Å². The van der Waals surface area contributed by atoms with Crippen LogP contribution in [-0.4, -0.2) is 15.1 Å². The van der Waals surface area contributed by atoms with Crippen molar-refractivity contribution >= 4 is 11.6 Å². The zero-order valence-corrected chi connectivity index (χ0v) is 12.9. The zero-order chi connectivity index (χ0) is 15.6. The van der Waals surface area contributed by atoms with E-state index in [1.54, 1.807) is 12.4 Å². The molecule has 0 saturated carbocycles. The molecule has 0 spiro atoms. The smallest absolute Gasteiger partial charge is 0.245 e. The fourth-order valence-electron chi connectivity index (χ4n) is 2.63. The number of pyridine rings is 1. The zero-order valence-electron chi connectivity index (χ0n) is 12.1. The van der Waals surface area contributed by atoms with Crippen LogP contribution in [0.2, 0.25) is 5.02 Å². The molecule has 2 N–H and O–H groups in total. The maximum atomic E-state index is 5.93. The highest BCUT2D eigenvalue weighted by Gasteiger charge is 2.30. The number of halogens is 1. The molecule has 6 nitrogen and oxygen atoms in total. The van der Waals surface area contributed by atoms with Crippen molar-refractivity contribution in [2.45, 2.75) is 18.5 Å². The maximum Gasteiger partial charge on any atom is 0.245 e. The van der Waals surface area contributed by atoms with Gasteiger partial charge in [0.1, 0.15) is 6.04 Å². The normalized spacial score (nSPS) is 20.7. The molecule has 3 heterocycles. The van der Waals surface area contributed by atoms with Gasteiger partial charge in [0.2, 0.25) is 11.7 Å². The van der Waals surface area contributed by atoms with E-state index >= 15 is 0 Å². The Morgan fingerprint density at radius 3 is 2.52 bits per heavy atom. The van der Waals surface area contributed by atoms with Gasteiger partial charge in [0, 0.05) is 29.0 Å². The lowest BCUT2D eigenvalue weighted by Gasteiger charge is -2.08. The summed E-state index contributed by atoms with van der Waals surface area (Å²) in [6.07, 6.45) is 4.23. The monoisotopic (exact) mass is 327 g/mol. The van der Waals surface area contributed by atoms with Gasteiger partial charge in [-0.2, -0.15) is 4.98 Å². The molecule has 2 atom stereocenters. The van der Waals surface area contributed by atoms with Crippen LogP contribution in [0.4, 0.5) is 0 Å². The van der Waals surface area contributed by atoms with Crippen molar-refractivity contribution in [3.8, 4) is 11.4 Å². The molecular formula is C16H14ClN5O. The van der Waals surface area contributed by atoms with Crippen molar-refractivity contribution in [1.82, 2.24) is 26.0 Å². The Bertz CT molecular complexity index is 790. The van der Waals surface area contributed by atoms with Crippen molar-refractivity contribution in [1.29, 1.82) is 0 Å². The molecule has 1 aromatic carbocycles. The second-order valence-corrected chi connectivity index (χ2v) is 5.81. The lowest BCUT2D eigenvalue weighted by atomic mass is 10.0. The summed E-state index contributed by atoms with van der Waals surface area (Å²) < 4.78 is 5.40. The van der Waals surface area contributed by atoms with Crippen LogP contribution < -0.4 is 10.9 Å². The Labute approximate surface area is 137 Å². The van der Waals surface area contributed by atoms with E-state index in [0.29, 0.717) is 11.7 Å². The molecule has 1 aliphatic rings. The van der Waals surface area contributed by atoms with Crippen molar-refractivity contribution in [2.75, 3.05) is 0 Å². The molecule has 0 amide bonds. The Kier molecular flexibility index (Phi) is 3.78. The minimum absolute atomic E-state index is 0.0289. The van der Waals surface area contributed by atoms with E-state index in [-0.39, 0.29) is 12.1 Å². The highest BCUT2D eigenvalue weighted by molar-refractivity contribution is 6.30. The van der Waals surface area contributed by atoms with Gasteiger partial charge in [-0.25, -0.2) is 10.9 Å². The predicted octanol–water partition coefficient (Wildman–Crippen LogP) is 3.07. The van der Waals surface area contributed by atoms with Crippen LogP contribution in [0.3, 0.4) is 0 Å². The highest BCUT2D eigenvalue weighted by Crippen LogP contribution is 2.31. The van der Waals surface area contributed by atoms with Crippen LogP contribution in [0, 0.1) is 0 Å². The predicted molar refractivity (Wildman–Crippen MR) is 85.4 cm³/mol. The summed E-state index contributed by atoms with van der Waals surface area (Å²) in [6.45, 7) is 0. The first kappa shape index (κ1) is 14.3. The number of benzene rings is 1. The quantitative estimate of drug-likeness (QED) is 0.770. The van der Waals surface area contributed by atoms with Gasteiger partial charge >= 0.3 is 0 Å². The Morgan fingerprint density at radius 1 is 1.00 bits per heavy atom. The van der Waals surface area contributed by atoms with Crippen molar-refractivity contribution in [2.24, 2.45) is 0 Å². The standard InChI is InChI=1S/C16H14ClN5O/c17-12-3-1-10(2-4-12)13-9-14(21-20-13)16-19-15(22-23-16)11-5-7-18-8-6-11/h1-8,13-14,20-21H,9H2. The van der Waals surface area contributed by atoms with Crippen molar-refractivity contribution < 1.29 is 4.52 Å². The van der Waals surface area contributed by atoms with Gasteiger partial charge in [0.25, 0.3) is 0 Å². The Morgan fingerprint density at radius 2 is 1.74 bits per heavy atom. The van der Waals surface area contributed by atoms with Crippen LogP contribution >= 0.6 is 11.6 Å². The summed E-state index contributed by atoms with van der Waals surface area (Å²) in [4.78, 5) is 8.46. The Balaban J connectivity index is 1.50. The number of hydrazine groups is 1. The van der Waals surface area contributed by atoms with E-state index in [0.717, 1.165) is 17.0 Å². The average molecular weight is 328 g/mol. The molecule has 0 radical (unpaired) electrons. The maximum absolute atomic E-state index is 5.93. The number of nitrogens with zero attached hydrogens (tertiary/aromatic N) is 3. The lowest BCUT2D eigenvalue weighted by molar-refractivity contribution is 0.340. The molecule has 0 aliphatic carbocycles. The first-order chi connectivity index (χ1) is 11.3. The molecule has 1 saturated heterocycles. The highest BCUT2D eigenvalue weighted by atomic mass is 35.5. The topological polar surface area (TPSA) is 75.9 Å². The first-order valence-electron chi connectivity index (χ1n) is 7.30. The summed E-state index contributed by atoms with van der Waals surface area (Å²) >= 11 is 5.93. The fraction of sp³-hybridized carbons (Fsp3) is 0.188. The van der Waals surface area contributed by atoms with E-state index in [1.807, 2.05) is 36.4 Å². The molecule has 2 unspecified atom stereocenters. The van der Waals surface area contributed by atoms with Gasteiger partial charge in [-0.3, -0.25) is 4.98 Å². The van der Waals surface area contributed by atoms with Crippen LogP contribution in [0.5, 0.6) is 0 Å². The minimum atomic E-state index is -0.0289. The van der Waals surface area contributed by atoms with Gasteiger partial charge < -0.3 is 4.52 Å². The molecule has 1 aliphatic heterocycles. The number of nitrogens with one attached hydrogen (secondary N) is 2. The lowest BCUT2D eigenvalue weighted by Crippen LogP contribution is -2.26. The van der Waals surface area contributed by atoms with Gasteiger partial charge in [0.05, 0.1) is 0 Å². The molecular weight excluding hydrogens is 314 g/mol. The van der Waals surface area contributed by atoms with Crippen molar-refractivity contribution in [3.05, 3.63) is 65.3 Å². The third kappa shape index (κ3) is 2.96. The van der Waals surface area contributed by atoms with Gasteiger partial charge in [-0.1, -0.05) is 28.9 Å². The van der Waals surface area contributed by atoms with E-state index in [9.17, 15) is 0 Å². The number of hydrogen-bond donors (Lipinski definition) is 2. The fourth-order valence-corrected chi connectivity index (χ4v) is 2.75. The van der Waals surface area contributed by atoms with Gasteiger partial charge in [0.15, 0.2) is 0 Å². The summed E-state index contributed by atoms with van der Waals surface area (Å²) in [5.41, 5.74) is 8.52. The van der Waals surface area contributed by atoms with Crippen LogP contribution in [0.1, 0.15) is 30.0 Å². The summed E-state index contributed by atoms with van der Waals surface area (Å²) in [5.74, 6) is 1.14. The van der Waals surface area contributed by atoms with Crippen LogP contribution in [0.25, 0.3) is 11.4 Å². The van der Waals surface area contributed by atoms with Crippen LogP contribution in [-0.2, 0) is 0 Å². The molecule has 3 aromatic rings. The van der Waals surface area contributed by atoms with E-state index in [2.05, 4.69) is 26.0 Å². The third-order valence-corrected chi connectivity index (χ3v) is 4.11. The molecule has 2 aromatic heterocycles. The van der Waals surface area contributed by atoms with E-state index < -0.39 is 0 Å². The molecule has 4 rings (SSSR count). The molecule has 116 valence electrons. The molecule has 23 heavy (non-hydrogen) atoms. The largest absolute Gasteiger partial charge is 0.337 e. The third-order valence-electron chi connectivity index (χ3n) is 3.85. The second-order valence-electron chi connectivity index (χ2n) is 5.37. The SMILES string of the molecule is Clc1ccc(C2CC(c3nc(-c4ccncc4)no3)NN2)cc1. The number of hydrogen-bond acceptors (Lipinski definition) is 6. The number of aromatic nitrogens is 3. The summed E-state index contributed by atoms with van der Waals surface area (Å²) in [5, 5.41) is 4.77. The molecule has 1 fully saturated rings. The first-order valence-corrected chi connectivity index (χ1v) is 7.68. The molecule has 7 heteroatoms. The molecule has 0 bridgehead atoms. The van der Waals surface area contributed by atoms with Crippen LogP contribution in [0.15, 0.2) is 53.3 Å². The number of rotatable bonds is 3.